The lowest BCUT2D eigenvalue weighted by Crippen LogP contribution is -2.16. The Balaban J connectivity index is 2.25. The topological polar surface area (TPSA) is 54.4 Å². The van der Waals surface area contributed by atoms with Gasteiger partial charge in [0.05, 0.1) is 11.4 Å². The highest BCUT2D eigenvalue weighted by Gasteiger charge is 2.06. The van der Waals surface area contributed by atoms with Crippen LogP contribution in [0.15, 0.2) is 59.8 Å². The fraction of sp³-hybridized carbons (Fsp3) is 0.0714. The van der Waals surface area contributed by atoms with Gasteiger partial charge in [0.1, 0.15) is 0 Å². The van der Waals surface area contributed by atoms with Crippen molar-refractivity contribution in [3.8, 4) is 0 Å². The molecular formula is C14H13N3OS. The summed E-state index contributed by atoms with van der Waals surface area (Å²) in [5.74, 6) is 0. The minimum Gasteiger partial charge on any atom is -0.260 e. The molecule has 4 nitrogen and oxygen atoms in total. The molecule has 2 aromatic rings. The number of amides is 1. The minimum absolute atomic E-state index is 0.499. The average Bonchev–Trinajstić information content (AvgIpc) is 2.45. The van der Waals surface area contributed by atoms with E-state index >= 15 is 0 Å². The Bertz CT molecular complexity index is 570. The van der Waals surface area contributed by atoms with E-state index in [0.29, 0.717) is 12.1 Å². The van der Waals surface area contributed by atoms with Crippen molar-refractivity contribution < 1.29 is 4.79 Å². The molecule has 0 bridgehead atoms. The quantitative estimate of drug-likeness (QED) is 0.510. The van der Waals surface area contributed by atoms with Gasteiger partial charge >= 0.3 is 0 Å². The van der Waals surface area contributed by atoms with E-state index in [-0.39, 0.29) is 0 Å². The van der Waals surface area contributed by atoms with Gasteiger partial charge in [-0.15, -0.1) is 0 Å². The molecule has 2 rings (SSSR count). The van der Waals surface area contributed by atoms with Crippen LogP contribution in [0.3, 0.4) is 0 Å². The molecule has 1 amide bonds. The van der Waals surface area contributed by atoms with Crippen molar-refractivity contribution in [1.82, 2.24) is 10.4 Å². The predicted molar refractivity (Wildman–Crippen MR) is 78.4 cm³/mol. The Kier molecular flexibility index (Phi) is 4.69. The molecule has 1 N–H and O–H groups in total. The van der Waals surface area contributed by atoms with Crippen LogP contribution in [0.2, 0.25) is 0 Å². The number of nitrogens with zero attached hydrogens (tertiary/aromatic N) is 2. The van der Waals surface area contributed by atoms with Crippen molar-refractivity contribution in [2.24, 2.45) is 5.10 Å². The van der Waals surface area contributed by atoms with Crippen LogP contribution in [0, 0.1) is 0 Å². The molecule has 1 aromatic carbocycles. The smallest absolute Gasteiger partial charge is 0.260 e. The van der Waals surface area contributed by atoms with Crippen molar-refractivity contribution in [2.45, 2.75) is 6.42 Å². The second kappa shape index (κ2) is 6.70. The molecule has 0 aliphatic heterocycles. The first-order valence-corrected chi connectivity index (χ1v) is 6.21. The van der Waals surface area contributed by atoms with Gasteiger partial charge in [0, 0.05) is 12.6 Å². The predicted octanol–water partition coefficient (Wildman–Crippen LogP) is 2.67. The fourth-order valence-electron chi connectivity index (χ4n) is 1.63. The zero-order chi connectivity index (χ0) is 13.5. The first-order chi connectivity index (χ1) is 9.25. The second-order valence-electron chi connectivity index (χ2n) is 3.85. The highest BCUT2D eigenvalue weighted by atomic mass is 32.1. The number of hydrogen-bond donors (Lipinski definition) is 2. The monoisotopic (exact) mass is 271 g/mol. The number of rotatable bonds is 4. The number of benzene rings is 1. The third-order valence-electron chi connectivity index (χ3n) is 2.46. The van der Waals surface area contributed by atoms with Crippen molar-refractivity contribution in [2.75, 3.05) is 0 Å². The largest absolute Gasteiger partial charge is 0.296 e. The summed E-state index contributed by atoms with van der Waals surface area (Å²) in [6.45, 7) is 0. The van der Waals surface area contributed by atoms with Crippen molar-refractivity contribution in [1.29, 1.82) is 0 Å². The summed E-state index contributed by atoms with van der Waals surface area (Å²) in [6, 6.07) is 15.4. The molecule has 96 valence electrons. The molecule has 0 saturated carbocycles. The van der Waals surface area contributed by atoms with E-state index in [9.17, 15) is 4.79 Å². The van der Waals surface area contributed by atoms with E-state index < -0.39 is 5.24 Å². The third-order valence-corrected chi connectivity index (χ3v) is 2.56. The molecule has 5 heteroatoms. The first kappa shape index (κ1) is 13.3. The SMILES string of the molecule is O=C(S)N/N=C(\Cc1ccccc1)c1ccccn1. The summed E-state index contributed by atoms with van der Waals surface area (Å²) in [7, 11) is 0. The minimum atomic E-state index is -0.499. The lowest BCUT2D eigenvalue weighted by atomic mass is 10.1. The summed E-state index contributed by atoms with van der Waals surface area (Å²) in [5, 5.41) is 3.57. The number of pyridine rings is 1. The number of nitrogens with one attached hydrogen (secondary N) is 1. The summed E-state index contributed by atoms with van der Waals surface area (Å²) < 4.78 is 0. The van der Waals surface area contributed by atoms with Gasteiger partial charge in [0.15, 0.2) is 0 Å². The maximum absolute atomic E-state index is 10.9. The van der Waals surface area contributed by atoms with Crippen LogP contribution < -0.4 is 5.43 Å². The normalized spacial score (nSPS) is 11.1. The number of carbonyl (C=O) groups excluding carboxylic acids is 1. The number of thiol groups is 1. The Morgan fingerprint density at radius 3 is 2.53 bits per heavy atom. The Morgan fingerprint density at radius 2 is 1.89 bits per heavy atom. The van der Waals surface area contributed by atoms with Crippen molar-refractivity contribution in [3.05, 3.63) is 66.0 Å². The molecule has 0 fully saturated rings. The van der Waals surface area contributed by atoms with Gasteiger partial charge in [0.25, 0.3) is 5.24 Å². The van der Waals surface area contributed by atoms with Crippen LogP contribution >= 0.6 is 12.6 Å². The van der Waals surface area contributed by atoms with Gasteiger partial charge in [-0.25, -0.2) is 5.43 Å². The van der Waals surface area contributed by atoms with Gasteiger partial charge in [-0.1, -0.05) is 49.0 Å². The molecule has 19 heavy (non-hydrogen) atoms. The summed E-state index contributed by atoms with van der Waals surface area (Å²) >= 11 is 3.63. The van der Waals surface area contributed by atoms with E-state index in [2.05, 4.69) is 28.1 Å². The van der Waals surface area contributed by atoms with E-state index in [1.165, 1.54) is 0 Å². The van der Waals surface area contributed by atoms with Crippen molar-refractivity contribution in [3.63, 3.8) is 0 Å². The number of hydrogen-bond acceptors (Lipinski definition) is 3. The number of hydrazone groups is 1. The highest BCUT2D eigenvalue weighted by Crippen LogP contribution is 2.06. The Labute approximate surface area is 117 Å². The molecule has 0 spiro atoms. The summed E-state index contributed by atoms with van der Waals surface area (Å²) in [6.07, 6.45) is 2.28. The molecule has 0 atom stereocenters. The maximum atomic E-state index is 10.9. The summed E-state index contributed by atoms with van der Waals surface area (Å²) in [4.78, 5) is 15.1. The van der Waals surface area contributed by atoms with Gasteiger partial charge < -0.3 is 0 Å². The first-order valence-electron chi connectivity index (χ1n) is 5.76. The molecule has 0 unspecified atom stereocenters. The van der Waals surface area contributed by atoms with Crippen LogP contribution in [0.4, 0.5) is 4.79 Å². The number of carbonyl (C=O) groups is 1. The Morgan fingerprint density at radius 1 is 1.16 bits per heavy atom. The van der Waals surface area contributed by atoms with Crippen LogP contribution in [0.5, 0.6) is 0 Å². The standard InChI is InChI=1S/C14H13N3OS/c18-14(19)17-16-13(12-8-4-5-9-15-12)10-11-6-2-1-3-7-11/h1-9H,10H2,(H2,17,18,19)/b16-13+. The molecule has 0 aliphatic rings. The molecular weight excluding hydrogens is 258 g/mol. The van der Waals surface area contributed by atoms with Gasteiger partial charge in [-0.2, -0.15) is 5.10 Å². The lowest BCUT2D eigenvalue weighted by Gasteiger charge is -2.06. The third kappa shape index (κ3) is 4.22. The van der Waals surface area contributed by atoms with E-state index in [1.807, 2.05) is 48.5 Å². The van der Waals surface area contributed by atoms with Crippen molar-refractivity contribution >= 4 is 23.6 Å². The highest BCUT2D eigenvalue weighted by molar-refractivity contribution is 7.96. The molecule has 1 aromatic heterocycles. The van der Waals surface area contributed by atoms with Crippen LogP contribution in [0.1, 0.15) is 11.3 Å². The average molecular weight is 271 g/mol. The molecule has 0 saturated heterocycles. The fourth-order valence-corrected chi connectivity index (χ4v) is 1.68. The van der Waals surface area contributed by atoms with E-state index in [1.54, 1.807) is 6.20 Å². The van der Waals surface area contributed by atoms with Gasteiger partial charge in [0.2, 0.25) is 0 Å². The second-order valence-corrected chi connectivity index (χ2v) is 4.26. The molecule has 0 aliphatic carbocycles. The van der Waals surface area contributed by atoms with Crippen LogP contribution in [-0.2, 0) is 6.42 Å². The maximum Gasteiger partial charge on any atom is 0.296 e. The van der Waals surface area contributed by atoms with Crippen LogP contribution in [0.25, 0.3) is 0 Å². The molecule has 1 heterocycles. The Hall–Kier alpha value is -2.14. The number of aromatic nitrogens is 1. The summed E-state index contributed by atoms with van der Waals surface area (Å²) in [5.41, 5.74) is 4.85. The van der Waals surface area contributed by atoms with Crippen LogP contribution in [-0.4, -0.2) is 15.9 Å². The zero-order valence-electron chi connectivity index (χ0n) is 10.2. The van der Waals surface area contributed by atoms with Gasteiger partial charge in [-0.05, 0) is 17.7 Å². The van der Waals surface area contributed by atoms with Gasteiger partial charge in [-0.3, -0.25) is 9.78 Å². The van der Waals surface area contributed by atoms with E-state index in [4.69, 9.17) is 0 Å². The lowest BCUT2D eigenvalue weighted by molar-refractivity contribution is 0.261. The van der Waals surface area contributed by atoms with E-state index in [0.717, 1.165) is 11.3 Å². The zero-order valence-corrected chi connectivity index (χ0v) is 11.0. The molecule has 0 radical (unpaired) electrons.